The number of amides is 6. The molecule has 358 valence electrons. The van der Waals surface area contributed by atoms with Gasteiger partial charge in [-0.25, -0.2) is 0 Å². The van der Waals surface area contributed by atoms with E-state index >= 15 is 0 Å². The molecule has 5 aromatic rings. The van der Waals surface area contributed by atoms with Gasteiger partial charge in [-0.3, -0.25) is 28.8 Å². The number of aliphatic hydroxyl groups is 2. The average Bonchev–Trinajstić information content (AvgIpc) is 3.91. The number of nitrogens with one attached hydrogen (secondary N) is 7. The van der Waals surface area contributed by atoms with Gasteiger partial charge in [-0.15, -0.1) is 0 Å². The third-order valence-corrected chi connectivity index (χ3v) is 12.7. The standard InChI is InChI=1S/C51H66N8O8/c1-29(2)44(57-48(64)41(54-31(5)60)25-34-27-52-38-20-12-10-18-36(34)38)50(66)56-40(24-33-16-8-7-9-17-33)46(62)47(63)43-22-14-15-23-59(43)51(67)45(30(3)4)58-49(65)42(55-32(6)61)26-35-28-53-39-21-13-11-19-37(35)39/h7-13,16-21,27-30,40-47,52-53,62-63H,14-15,22-26H2,1-6H3,(H,54,60)(H,55,61)(H,56,66)(H,57,64)(H,58,65)/t40-,41-,42-,43-,44-,45-,46-,47-/m0/s1. The van der Waals surface area contributed by atoms with Crippen molar-refractivity contribution in [2.75, 3.05) is 6.54 Å². The Hall–Kier alpha value is -6.52. The predicted octanol–water partition coefficient (Wildman–Crippen LogP) is 3.56. The van der Waals surface area contributed by atoms with Gasteiger partial charge in [0.2, 0.25) is 35.4 Å². The maximum atomic E-state index is 14.6. The minimum Gasteiger partial charge on any atom is -0.388 e. The molecule has 0 bridgehead atoms. The molecule has 3 aromatic carbocycles. The summed E-state index contributed by atoms with van der Waals surface area (Å²) in [6, 6.07) is 18.3. The second-order valence-electron chi connectivity index (χ2n) is 18.5. The van der Waals surface area contributed by atoms with Crippen LogP contribution in [0.2, 0.25) is 0 Å². The van der Waals surface area contributed by atoms with E-state index < -0.39 is 95.7 Å². The number of carbonyl (C=O) groups is 6. The van der Waals surface area contributed by atoms with Crippen molar-refractivity contribution in [3.63, 3.8) is 0 Å². The van der Waals surface area contributed by atoms with Crippen LogP contribution >= 0.6 is 0 Å². The molecule has 0 aliphatic carbocycles. The molecule has 3 heterocycles. The Bertz CT molecular complexity index is 2500. The van der Waals surface area contributed by atoms with Gasteiger partial charge in [-0.05, 0) is 66.3 Å². The molecule has 0 saturated carbocycles. The lowest BCUT2D eigenvalue weighted by Gasteiger charge is -2.43. The van der Waals surface area contributed by atoms with Gasteiger partial charge in [-0.2, -0.15) is 0 Å². The number of nitrogens with zero attached hydrogens (tertiary/aromatic N) is 1. The number of aliphatic hydroxyl groups excluding tert-OH is 2. The van der Waals surface area contributed by atoms with Crippen LogP contribution < -0.4 is 26.6 Å². The van der Waals surface area contributed by atoms with Crippen LogP contribution in [0.1, 0.15) is 77.5 Å². The van der Waals surface area contributed by atoms with Crippen molar-refractivity contribution in [1.82, 2.24) is 41.5 Å². The first-order valence-electron chi connectivity index (χ1n) is 23.3. The number of hydrogen-bond donors (Lipinski definition) is 9. The van der Waals surface area contributed by atoms with Crippen molar-refractivity contribution >= 4 is 57.2 Å². The zero-order valence-electron chi connectivity index (χ0n) is 39.2. The molecule has 0 radical (unpaired) electrons. The minimum atomic E-state index is -1.59. The van der Waals surface area contributed by atoms with E-state index in [1.54, 1.807) is 40.1 Å². The van der Waals surface area contributed by atoms with Crippen LogP contribution in [-0.2, 0) is 48.0 Å². The summed E-state index contributed by atoms with van der Waals surface area (Å²) in [6.07, 6.45) is 2.50. The third-order valence-electron chi connectivity index (χ3n) is 12.7. The van der Waals surface area contributed by atoms with Crippen molar-refractivity contribution in [2.45, 2.75) is 129 Å². The van der Waals surface area contributed by atoms with E-state index in [1.165, 1.54) is 18.7 Å². The smallest absolute Gasteiger partial charge is 0.245 e. The van der Waals surface area contributed by atoms with Crippen LogP contribution in [0.3, 0.4) is 0 Å². The highest BCUT2D eigenvalue weighted by Gasteiger charge is 2.43. The van der Waals surface area contributed by atoms with Crippen LogP contribution in [0.4, 0.5) is 0 Å². The van der Waals surface area contributed by atoms with Gasteiger partial charge >= 0.3 is 0 Å². The summed E-state index contributed by atoms with van der Waals surface area (Å²) in [5.41, 5.74) is 4.15. The number of aromatic amines is 2. The van der Waals surface area contributed by atoms with Gasteiger partial charge in [0.1, 0.15) is 36.4 Å². The Morgan fingerprint density at radius 1 is 0.612 bits per heavy atom. The van der Waals surface area contributed by atoms with Gasteiger partial charge in [0.05, 0.1) is 12.1 Å². The molecule has 1 saturated heterocycles. The monoisotopic (exact) mass is 919 g/mol. The van der Waals surface area contributed by atoms with Crippen LogP contribution in [0.15, 0.2) is 91.3 Å². The summed E-state index contributed by atoms with van der Waals surface area (Å²) in [6.45, 7) is 10.0. The highest BCUT2D eigenvalue weighted by atomic mass is 16.3. The summed E-state index contributed by atoms with van der Waals surface area (Å²) < 4.78 is 0. The molecule has 9 N–H and O–H groups in total. The molecule has 2 aromatic heterocycles. The Morgan fingerprint density at radius 2 is 1.10 bits per heavy atom. The van der Waals surface area contributed by atoms with Gasteiger partial charge in [0.15, 0.2) is 0 Å². The van der Waals surface area contributed by atoms with Gasteiger partial charge in [0, 0.05) is 67.4 Å². The second kappa shape index (κ2) is 22.8. The molecular formula is C51H66N8O8. The number of benzene rings is 3. The van der Waals surface area contributed by atoms with Gasteiger partial charge in [0.25, 0.3) is 0 Å². The summed E-state index contributed by atoms with van der Waals surface area (Å²) in [4.78, 5) is 89.6. The summed E-state index contributed by atoms with van der Waals surface area (Å²) in [5, 5.41) is 40.3. The number of fused-ring (bicyclic) bond motifs is 2. The van der Waals surface area contributed by atoms with Crippen LogP contribution in [0, 0.1) is 11.8 Å². The maximum absolute atomic E-state index is 14.6. The molecule has 16 nitrogen and oxygen atoms in total. The van der Waals surface area contributed by atoms with Crippen molar-refractivity contribution in [3.8, 4) is 0 Å². The molecule has 1 aliphatic rings. The normalized spacial score (nSPS) is 17.2. The lowest BCUT2D eigenvalue weighted by atomic mass is 9.88. The Balaban J connectivity index is 1.19. The molecule has 0 unspecified atom stereocenters. The zero-order valence-corrected chi connectivity index (χ0v) is 39.2. The lowest BCUT2D eigenvalue weighted by Crippen LogP contribution is -2.63. The van der Waals surface area contributed by atoms with E-state index in [0.29, 0.717) is 19.3 Å². The summed E-state index contributed by atoms with van der Waals surface area (Å²) in [7, 11) is 0. The maximum Gasteiger partial charge on any atom is 0.245 e. The predicted molar refractivity (Wildman–Crippen MR) is 256 cm³/mol. The van der Waals surface area contributed by atoms with E-state index in [-0.39, 0.29) is 25.8 Å². The highest BCUT2D eigenvalue weighted by Crippen LogP contribution is 2.27. The Labute approximate surface area is 391 Å². The molecule has 1 fully saturated rings. The number of H-pyrrole nitrogens is 2. The largest absolute Gasteiger partial charge is 0.388 e. The van der Waals surface area contributed by atoms with Crippen molar-refractivity contribution < 1.29 is 39.0 Å². The van der Waals surface area contributed by atoms with E-state index in [9.17, 15) is 39.0 Å². The first kappa shape index (κ1) is 49.9. The molecule has 6 amide bonds. The first-order chi connectivity index (χ1) is 32.0. The fourth-order valence-corrected chi connectivity index (χ4v) is 9.13. The molecule has 16 heteroatoms. The molecular weight excluding hydrogens is 853 g/mol. The van der Waals surface area contributed by atoms with Gasteiger partial charge < -0.3 is 51.7 Å². The number of aromatic nitrogens is 2. The Morgan fingerprint density at radius 3 is 1.61 bits per heavy atom. The minimum absolute atomic E-state index is 0.102. The van der Waals surface area contributed by atoms with Gasteiger partial charge in [-0.1, -0.05) is 94.4 Å². The average molecular weight is 919 g/mol. The molecule has 8 atom stereocenters. The lowest BCUT2D eigenvalue weighted by molar-refractivity contribution is -0.147. The highest BCUT2D eigenvalue weighted by molar-refractivity contribution is 5.94. The van der Waals surface area contributed by atoms with Crippen LogP contribution in [-0.4, -0.2) is 116 Å². The molecule has 6 rings (SSSR count). The quantitative estimate of drug-likeness (QED) is 0.0559. The number of para-hydroxylation sites is 2. The molecule has 67 heavy (non-hydrogen) atoms. The topological polar surface area (TPSA) is 238 Å². The van der Waals surface area contributed by atoms with E-state index in [2.05, 4.69) is 36.6 Å². The van der Waals surface area contributed by atoms with E-state index in [4.69, 9.17) is 0 Å². The fraction of sp³-hybridized carbons (Fsp3) is 0.451. The number of carbonyl (C=O) groups excluding carboxylic acids is 6. The summed E-state index contributed by atoms with van der Waals surface area (Å²) >= 11 is 0. The van der Waals surface area contributed by atoms with Crippen LogP contribution in [0.25, 0.3) is 21.8 Å². The van der Waals surface area contributed by atoms with E-state index in [1.807, 2.05) is 78.9 Å². The number of hydrogen-bond acceptors (Lipinski definition) is 8. The van der Waals surface area contributed by atoms with Crippen LogP contribution in [0.5, 0.6) is 0 Å². The summed E-state index contributed by atoms with van der Waals surface area (Å²) in [5.74, 6) is -3.82. The second-order valence-corrected chi connectivity index (χ2v) is 18.5. The van der Waals surface area contributed by atoms with Crippen molar-refractivity contribution in [3.05, 3.63) is 108 Å². The van der Waals surface area contributed by atoms with Crippen molar-refractivity contribution in [2.24, 2.45) is 11.8 Å². The first-order valence-corrected chi connectivity index (χ1v) is 23.3. The SMILES string of the molecule is CC(=O)N[C@@H](Cc1c[nH]c2ccccc12)C(=O)N[C@H](C(=O)N[C@@H](Cc1ccccc1)[C@H](O)[C@@H](O)[C@@H]1CCCCN1C(=O)[C@@H](NC(=O)[C@H](Cc1c[nH]c2ccccc12)NC(C)=O)C(C)C)C(C)C. The number of piperidine rings is 1. The molecule has 1 aliphatic heterocycles. The fourth-order valence-electron chi connectivity index (χ4n) is 9.13. The van der Waals surface area contributed by atoms with E-state index in [0.717, 1.165) is 38.5 Å². The number of rotatable bonds is 20. The Kier molecular flexibility index (Phi) is 17.0. The zero-order chi connectivity index (χ0) is 48.4. The number of likely N-dealkylation sites (tertiary alicyclic amines) is 1. The van der Waals surface area contributed by atoms with Crippen molar-refractivity contribution in [1.29, 1.82) is 0 Å². The molecule has 0 spiro atoms. The third kappa shape index (κ3) is 12.7.